The molecule has 0 aromatic heterocycles. The quantitative estimate of drug-likeness (QED) is 0.649. The minimum absolute atomic E-state index is 0.330. The van der Waals surface area contributed by atoms with Crippen LogP contribution in [0.1, 0.15) is 44.9 Å². The second-order valence-corrected chi connectivity index (χ2v) is 7.48. The van der Waals surface area contributed by atoms with E-state index in [1.165, 1.54) is 49.3 Å². The zero-order valence-electron chi connectivity index (χ0n) is 15.2. The summed E-state index contributed by atoms with van der Waals surface area (Å²) in [6.07, 6.45) is 9.60. The summed E-state index contributed by atoms with van der Waals surface area (Å²) < 4.78 is 6.65. The van der Waals surface area contributed by atoms with Crippen LogP contribution < -0.4 is 4.74 Å². The first-order valence-corrected chi connectivity index (χ1v) is 9.53. The average molecular weight is 325 g/mol. The van der Waals surface area contributed by atoms with E-state index in [1.807, 2.05) is 0 Å². The topological polar surface area (TPSA) is 12.5 Å². The third-order valence-corrected chi connectivity index (χ3v) is 5.31. The third kappa shape index (κ3) is 4.51. The van der Waals surface area contributed by atoms with Crippen molar-refractivity contribution in [2.45, 2.75) is 51.0 Å². The van der Waals surface area contributed by atoms with Gasteiger partial charge in [0.1, 0.15) is 11.9 Å². The fraction of sp³-hybridized carbons (Fsp3) is 0.545. The standard InChI is InChI=1S/C22H31NO/c1-23(2)17-16-21(19-11-5-3-4-6-12-19)24-22-15-9-13-18-10-7-8-14-20(18)22/h7-10,13-15,19,21H,3-6,11-12,16-17H2,1-2H3. The Hall–Kier alpha value is -1.54. The number of rotatable bonds is 6. The smallest absolute Gasteiger partial charge is 0.127 e. The van der Waals surface area contributed by atoms with E-state index in [9.17, 15) is 0 Å². The molecule has 0 aliphatic heterocycles. The molecule has 2 aromatic rings. The van der Waals surface area contributed by atoms with Gasteiger partial charge >= 0.3 is 0 Å². The summed E-state index contributed by atoms with van der Waals surface area (Å²) in [5.41, 5.74) is 0. The Morgan fingerprint density at radius 1 is 0.958 bits per heavy atom. The molecular formula is C22H31NO. The molecule has 1 atom stereocenters. The minimum Gasteiger partial charge on any atom is -0.489 e. The lowest BCUT2D eigenvalue weighted by molar-refractivity contribution is 0.107. The first kappa shape index (κ1) is 17.3. The van der Waals surface area contributed by atoms with Crippen LogP contribution in [0.4, 0.5) is 0 Å². The van der Waals surface area contributed by atoms with Crippen molar-refractivity contribution in [3.63, 3.8) is 0 Å². The van der Waals surface area contributed by atoms with Gasteiger partial charge in [0.15, 0.2) is 0 Å². The van der Waals surface area contributed by atoms with E-state index < -0.39 is 0 Å². The highest BCUT2D eigenvalue weighted by Gasteiger charge is 2.25. The highest BCUT2D eigenvalue weighted by Crippen LogP contribution is 2.32. The number of ether oxygens (including phenoxy) is 1. The van der Waals surface area contributed by atoms with Crippen LogP contribution in [0.3, 0.4) is 0 Å². The van der Waals surface area contributed by atoms with Crippen molar-refractivity contribution in [1.82, 2.24) is 4.90 Å². The maximum atomic E-state index is 6.65. The lowest BCUT2D eigenvalue weighted by Gasteiger charge is -2.29. The van der Waals surface area contributed by atoms with Gasteiger partial charge in [0.05, 0.1) is 0 Å². The van der Waals surface area contributed by atoms with Crippen LogP contribution in [0.5, 0.6) is 5.75 Å². The first-order valence-electron chi connectivity index (χ1n) is 9.53. The van der Waals surface area contributed by atoms with Crippen molar-refractivity contribution in [3.05, 3.63) is 42.5 Å². The van der Waals surface area contributed by atoms with Crippen LogP contribution >= 0.6 is 0 Å². The number of benzene rings is 2. The van der Waals surface area contributed by atoms with E-state index in [2.05, 4.69) is 61.5 Å². The minimum atomic E-state index is 0.330. The van der Waals surface area contributed by atoms with Crippen LogP contribution in [0.15, 0.2) is 42.5 Å². The van der Waals surface area contributed by atoms with Crippen LogP contribution in [0, 0.1) is 5.92 Å². The lowest BCUT2D eigenvalue weighted by Crippen LogP contribution is -2.31. The fourth-order valence-electron chi connectivity index (χ4n) is 3.92. The second kappa shape index (κ2) is 8.53. The van der Waals surface area contributed by atoms with Crippen molar-refractivity contribution >= 4 is 10.8 Å². The van der Waals surface area contributed by atoms with Gasteiger partial charge in [0, 0.05) is 11.9 Å². The Morgan fingerprint density at radius 2 is 1.67 bits per heavy atom. The number of hydrogen-bond donors (Lipinski definition) is 0. The summed E-state index contributed by atoms with van der Waals surface area (Å²) in [6.45, 7) is 1.09. The van der Waals surface area contributed by atoms with Crippen LogP contribution in [0.25, 0.3) is 10.8 Å². The van der Waals surface area contributed by atoms with E-state index in [-0.39, 0.29) is 0 Å². The second-order valence-electron chi connectivity index (χ2n) is 7.48. The molecule has 0 N–H and O–H groups in total. The normalized spacial score (nSPS) is 17.8. The summed E-state index contributed by atoms with van der Waals surface area (Å²) >= 11 is 0. The van der Waals surface area contributed by atoms with E-state index in [1.54, 1.807) is 0 Å². The summed E-state index contributed by atoms with van der Waals surface area (Å²) in [5.74, 6) is 1.76. The summed E-state index contributed by atoms with van der Waals surface area (Å²) in [5, 5.41) is 2.51. The summed E-state index contributed by atoms with van der Waals surface area (Å²) in [6, 6.07) is 15.0. The molecule has 2 heteroatoms. The maximum Gasteiger partial charge on any atom is 0.127 e. The SMILES string of the molecule is CN(C)CCC(Oc1cccc2ccccc12)C1CCCCCC1. The van der Waals surface area contributed by atoms with Crippen molar-refractivity contribution in [2.75, 3.05) is 20.6 Å². The van der Waals surface area contributed by atoms with Gasteiger partial charge in [-0.05, 0) is 50.7 Å². The summed E-state index contributed by atoms with van der Waals surface area (Å²) in [4.78, 5) is 2.27. The maximum absolute atomic E-state index is 6.65. The monoisotopic (exact) mass is 325 g/mol. The van der Waals surface area contributed by atoms with Gasteiger partial charge in [0.2, 0.25) is 0 Å². The van der Waals surface area contributed by atoms with Gasteiger partial charge in [-0.3, -0.25) is 0 Å². The van der Waals surface area contributed by atoms with Gasteiger partial charge in [-0.1, -0.05) is 62.1 Å². The Morgan fingerprint density at radius 3 is 2.42 bits per heavy atom. The molecule has 0 bridgehead atoms. The van der Waals surface area contributed by atoms with Crippen LogP contribution in [-0.4, -0.2) is 31.6 Å². The zero-order valence-corrected chi connectivity index (χ0v) is 15.2. The Bertz CT molecular complexity index is 623. The van der Waals surface area contributed by atoms with E-state index in [0.29, 0.717) is 12.0 Å². The summed E-state index contributed by atoms with van der Waals surface area (Å²) in [7, 11) is 4.31. The van der Waals surface area contributed by atoms with Crippen LogP contribution in [0.2, 0.25) is 0 Å². The molecule has 0 saturated heterocycles. The molecule has 1 aliphatic carbocycles. The molecule has 0 radical (unpaired) electrons. The average Bonchev–Trinajstić information content (AvgIpc) is 2.88. The van der Waals surface area contributed by atoms with Gasteiger partial charge in [-0.15, -0.1) is 0 Å². The van der Waals surface area contributed by atoms with Gasteiger partial charge in [-0.25, -0.2) is 0 Å². The predicted octanol–water partition coefficient (Wildman–Crippen LogP) is 5.51. The molecule has 2 nitrogen and oxygen atoms in total. The van der Waals surface area contributed by atoms with Gasteiger partial charge in [-0.2, -0.15) is 0 Å². The number of hydrogen-bond acceptors (Lipinski definition) is 2. The third-order valence-electron chi connectivity index (χ3n) is 5.31. The molecule has 0 spiro atoms. The van der Waals surface area contributed by atoms with E-state index >= 15 is 0 Å². The molecule has 3 rings (SSSR count). The molecule has 0 heterocycles. The van der Waals surface area contributed by atoms with Crippen molar-refractivity contribution < 1.29 is 4.74 Å². The molecule has 2 aromatic carbocycles. The molecule has 0 amide bonds. The van der Waals surface area contributed by atoms with Gasteiger partial charge < -0.3 is 9.64 Å². The molecule has 1 unspecified atom stereocenters. The molecule has 1 aliphatic rings. The molecule has 1 fully saturated rings. The van der Waals surface area contributed by atoms with Crippen molar-refractivity contribution in [1.29, 1.82) is 0 Å². The number of nitrogens with zero attached hydrogens (tertiary/aromatic N) is 1. The zero-order chi connectivity index (χ0) is 16.8. The lowest BCUT2D eigenvalue weighted by atomic mass is 9.91. The van der Waals surface area contributed by atoms with Crippen molar-refractivity contribution in [3.8, 4) is 5.75 Å². The predicted molar refractivity (Wildman–Crippen MR) is 103 cm³/mol. The van der Waals surface area contributed by atoms with E-state index in [0.717, 1.165) is 18.7 Å². The number of fused-ring (bicyclic) bond motifs is 1. The Balaban J connectivity index is 1.81. The molecule has 130 valence electrons. The fourth-order valence-corrected chi connectivity index (χ4v) is 3.92. The van der Waals surface area contributed by atoms with Gasteiger partial charge in [0.25, 0.3) is 0 Å². The van der Waals surface area contributed by atoms with E-state index in [4.69, 9.17) is 4.74 Å². The molecular weight excluding hydrogens is 294 g/mol. The van der Waals surface area contributed by atoms with Crippen molar-refractivity contribution in [2.24, 2.45) is 5.92 Å². The first-order chi connectivity index (χ1) is 11.7. The molecule has 24 heavy (non-hydrogen) atoms. The Kier molecular flexibility index (Phi) is 6.14. The van der Waals surface area contributed by atoms with Crippen LogP contribution in [-0.2, 0) is 0 Å². The highest BCUT2D eigenvalue weighted by atomic mass is 16.5. The Labute approximate surface area is 146 Å². The molecule has 1 saturated carbocycles. The largest absolute Gasteiger partial charge is 0.489 e. The highest BCUT2D eigenvalue weighted by molar-refractivity contribution is 5.88.